The van der Waals surface area contributed by atoms with Crippen LogP contribution in [-0.4, -0.2) is 49.2 Å². The maximum Gasteiger partial charge on any atom is 0.336 e. The molecule has 1 fully saturated rings. The van der Waals surface area contributed by atoms with Crippen molar-refractivity contribution in [2.24, 2.45) is 0 Å². The number of hydrogen-bond acceptors (Lipinski definition) is 3. The Bertz CT molecular complexity index is 463. The molecule has 0 unspecified atom stereocenters. The van der Waals surface area contributed by atoms with Crippen molar-refractivity contribution in [3.8, 4) is 0 Å². The SMILES string of the molecule is Cc1ccc(N2CCC(N(C)C)CC2)cc1C(=O)O. The fourth-order valence-corrected chi connectivity index (χ4v) is 2.68. The van der Waals surface area contributed by atoms with E-state index in [9.17, 15) is 9.90 Å². The molecule has 4 heteroatoms. The maximum atomic E-state index is 11.2. The van der Waals surface area contributed by atoms with Crippen molar-refractivity contribution >= 4 is 11.7 Å². The number of hydrogen-bond donors (Lipinski definition) is 1. The number of carboxylic acids is 1. The van der Waals surface area contributed by atoms with E-state index in [1.165, 1.54) is 0 Å². The third-order valence-electron chi connectivity index (χ3n) is 4.01. The highest BCUT2D eigenvalue weighted by Crippen LogP contribution is 2.24. The van der Waals surface area contributed by atoms with Gasteiger partial charge in [0.15, 0.2) is 0 Å². The number of nitrogens with zero attached hydrogens (tertiary/aromatic N) is 2. The zero-order chi connectivity index (χ0) is 14.0. The number of aryl methyl sites for hydroxylation is 1. The van der Waals surface area contributed by atoms with Gasteiger partial charge in [0.05, 0.1) is 5.56 Å². The first-order chi connectivity index (χ1) is 8.99. The molecule has 0 radical (unpaired) electrons. The van der Waals surface area contributed by atoms with Crippen LogP contribution in [0, 0.1) is 6.92 Å². The molecule has 0 amide bonds. The molecule has 0 bridgehead atoms. The van der Waals surface area contributed by atoms with Crippen molar-refractivity contribution in [1.29, 1.82) is 0 Å². The van der Waals surface area contributed by atoms with Crippen molar-refractivity contribution in [2.75, 3.05) is 32.1 Å². The Morgan fingerprint density at radius 2 is 1.95 bits per heavy atom. The van der Waals surface area contributed by atoms with Crippen LogP contribution in [0.25, 0.3) is 0 Å². The lowest BCUT2D eigenvalue weighted by Crippen LogP contribution is -2.42. The lowest BCUT2D eigenvalue weighted by atomic mass is 10.0. The van der Waals surface area contributed by atoms with Gasteiger partial charge < -0.3 is 14.9 Å². The summed E-state index contributed by atoms with van der Waals surface area (Å²) in [5, 5.41) is 9.18. The Balaban J connectivity index is 2.12. The van der Waals surface area contributed by atoms with Gasteiger partial charge in [0, 0.05) is 24.8 Å². The van der Waals surface area contributed by atoms with Gasteiger partial charge in [-0.2, -0.15) is 0 Å². The van der Waals surface area contributed by atoms with Crippen LogP contribution in [0.2, 0.25) is 0 Å². The highest BCUT2D eigenvalue weighted by Gasteiger charge is 2.21. The van der Waals surface area contributed by atoms with E-state index in [0.29, 0.717) is 11.6 Å². The Hall–Kier alpha value is -1.55. The average Bonchev–Trinajstić information content (AvgIpc) is 2.39. The molecular formula is C15H22N2O2. The monoisotopic (exact) mass is 262 g/mol. The van der Waals surface area contributed by atoms with Crippen LogP contribution in [-0.2, 0) is 0 Å². The number of carboxylic acid groups (broad SMARTS) is 1. The fraction of sp³-hybridized carbons (Fsp3) is 0.533. The smallest absolute Gasteiger partial charge is 0.336 e. The number of anilines is 1. The molecule has 4 nitrogen and oxygen atoms in total. The van der Waals surface area contributed by atoms with E-state index in [-0.39, 0.29) is 0 Å². The van der Waals surface area contributed by atoms with Crippen molar-refractivity contribution in [1.82, 2.24) is 4.90 Å². The predicted octanol–water partition coefficient (Wildman–Crippen LogP) is 2.22. The molecule has 1 aliphatic rings. The summed E-state index contributed by atoms with van der Waals surface area (Å²) in [7, 11) is 4.24. The van der Waals surface area contributed by atoms with Crippen LogP contribution in [0.15, 0.2) is 18.2 Å². The summed E-state index contributed by atoms with van der Waals surface area (Å²) in [5.41, 5.74) is 2.26. The topological polar surface area (TPSA) is 43.8 Å². The van der Waals surface area contributed by atoms with E-state index >= 15 is 0 Å². The minimum absolute atomic E-state index is 0.409. The van der Waals surface area contributed by atoms with Crippen LogP contribution in [0.5, 0.6) is 0 Å². The Morgan fingerprint density at radius 3 is 2.47 bits per heavy atom. The molecule has 0 atom stereocenters. The van der Waals surface area contributed by atoms with E-state index in [0.717, 1.165) is 37.2 Å². The van der Waals surface area contributed by atoms with E-state index in [1.807, 2.05) is 19.1 Å². The minimum Gasteiger partial charge on any atom is -0.478 e. The van der Waals surface area contributed by atoms with E-state index in [1.54, 1.807) is 6.07 Å². The minimum atomic E-state index is -0.845. The van der Waals surface area contributed by atoms with Gasteiger partial charge in [-0.15, -0.1) is 0 Å². The number of piperidine rings is 1. The molecule has 104 valence electrons. The second-order valence-electron chi connectivity index (χ2n) is 5.49. The van der Waals surface area contributed by atoms with Crippen LogP contribution < -0.4 is 4.90 Å². The van der Waals surface area contributed by atoms with Crippen molar-refractivity contribution in [3.63, 3.8) is 0 Å². The van der Waals surface area contributed by atoms with Gasteiger partial charge in [-0.05, 0) is 51.6 Å². The van der Waals surface area contributed by atoms with E-state index < -0.39 is 5.97 Å². The first-order valence-electron chi connectivity index (χ1n) is 6.74. The molecule has 1 N–H and O–H groups in total. The maximum absolute atomic E-state index is 11.2. The van der Waals surface area contributed by atoms with Crippen LogP contribution in [0.4, 0.5) is 5.69 Å². The number of aromatic carboxylic acids is 1. The third-order valence-corrected chi connectivity index (χ3v) is 4.01. The summed E-state index contributed by atoms with van der Waals surface area (Å²) in [5.74, 6) is -0.845. The molecule has 1 heterocycles. The molecular weight excluding hydrogens is 240 g/mol. The molecule has 1 aromatic carbocycles. The lowest BCUT2D eigenvalue weighted by molar-refractivity contribution is 0.0696. The summed E-state index contributed by atoms with van der Waals surface area (Å²) in [6.45, 7) is 3.82. The van der Waals surface area contributed by atoms with E-state index in [2.05, 4.69) is 23.9 Å². The highest BCUT2D eigenvalue weighted by molar-refractivity contribution is 5.90. The standard InChI is InChI=1S/C15H22N2O2/c1-11-4-5-13(10-14(11)15(18)19)17-8-6-12(7-9-17)16(2)3/h4-5,10,12H,6-9H2,1-3H3,(H,18,19). The summed E-state index contributed by atoms with van der Waals surface area (Å²) in [4.78, 5) is 15.7. The first kappa shape index (κ1) is 13.9. The van der Waals surface area contributed by atoms with Crippen molar-refractivity contribution in [3.05, 3.63) is 29.3 Å². The van der Waals surface area contributed by atoms with Gasteiger partial charge >= 0.3 is 5.97 Å². The van der Waals surface area contributed by atoms with Gasteiger partial charge in [0.2, 0.25) is 0 Å². The number of rotatable bonds is 3. The quantitative estimate of drug-likeness (QED) is 0.907. The normalized spacial score (nSPS) is 16.9. The Morgan fingerprint density at radius 1 is 1.32 bits per heavy atom. The largest absolute Gasteiger partial charge is 0.478 e. The summed E-state index contributed by atoms with van der Waals surface area (Å²) in [6.07, 6.45) is 2.26. The molecule has 19 heavy (non-hydrogen) atoms. The van der Waals surface area contributed by atoms with Crippen molar-refractivity contribution < 1.29 is 9.90 Å². The molecule has 0 aromatic heterocycles. The molecule has 0 spiro atoms. The number of carbonyl (C=O) groups is 1. The van der Waals surface area contributed by atoms with Gasteiger partial charge in [0.25, 0.3) is 0 Å². The van der Waals surface area contributed by atoms with E-state index in [4.69, 9.17) is 0 Å². The first-order valence-corrected chi connectivity index (χ1v) is 6.74. The summed E-state index contributed by atoms with van der Waals surface area (Å²) >= 11 is 0. The van der Waals surface area contributed by atoms with Crippen LogP contribution in [0.1, 0.15) is 28.8 Å². The Labute approximate surface area is 114 Å². The second kappa shape index (κ2) is 5.61. The Kier molecular flexibility index (Phi) is 4.10. The zero-order valence-electron chi connectivity index (χ0n) is 11.9. The van der Waals surface area contributed by atoms with Gasteiger partial charge in [0.1, 0.15) is 0 Å². The van der Waals surface area contributed by atoms with Gasteiger partial charge in [-0.1, -0.05) is 6.07 Å². The third kappa shape index (κ3) is 3.07. The zero-order valence-corrected chi connectivity index (χ0v) is 11.9. The predicted molar refractivity (Wildman–Crippen MR) is 77.1 cm³/mol. The molecule has 1 aromatic rings. The molecule has 2 rings (SSSR count). The molecule has 0 aliphatic carbocycles. The highest BCUT2D eigenvalue weighted by atomic mass is 16.4. The molecule has 1 aliphatic heterocycles. The summed E-state index contributed by atoms with van der Waals surface area (Å²) < 4.78 is 0. The summed E-state index contributed by atoms with van der Waals surface area (Å²) in [6, 6.07) is 6.36. The number of benzene rings is 1. The average molecular weight is 262 g/mol. The van der Waals surface area contributed by atoms with Gasteiger partial charge in [-0.25, -0.2) is 4.79 Å². The molecule has 1 saturated heterocycles. The van der Waals surface area contributed by atoms with Crippen LogP contribution in [0.3, 0.4) is 0 Å². The van der Waals surface area contributed by atoms with Gasteiger partial charge in [-0.3, -0.25) is 0 Å². The molecule has 0 saturated carbocycles. The lowest BCUT2D eigenvalue weighted by Gasteiger charge is -2.36. The van der Waals surface area contributed by atoms with Crippen molar-refractivity contribution in [2.45, 2.75) is 25.8 Å². The van der Waals surface area contributed by atoms with Crippen LogP contribution >= 0.6 is 0 Å². The fourth-order valence-electron chi connectivity index (χ4n) is 2.68. The second-order valence-corrected chi connectivity index (χ2v) is 5.49.